The number of hydrogen-bond donors (Lipinski definition) is 2. The summed E-state index contributed by atoms with van der Waals surface area (Å²) in [6.45, 7) is 7.28. The highest BCUT2D eigenvalue weighted by Gasteiger charge is 2.13. The molecule has 96 valence electrons. The normalized spacial score (nSPS) is 11.8. The molecule has 1 aromatic heterocycles. The van der Waals surface area contributed by atoms with Crippen LogP contribution in [0.1, 0.15) is 32.2 Å². The molecule has 3 N–H and O–H groups in total. The van der Waals surface area contributed by atoms with Crippen LogP contribution in [0.5, 0.6) is 0 Å². The van der Waals surface area contributed by atoms with Gasteiger partial charge in [0.05, 0.1) is 11.9 Å². The smallest absolute Gasteiger partial charge is 0.107 e. The second kappa shape index (κ2) is 4.94. The number of benzene rings is 1. The van der Waals surface area contributed by atoms with Crippen molar-refractivity contribution in [2.75, 3.05) is 6.54 Å². The third-order valence-electron chi connectivity index (χ3n) is 3.07. The molecule has 1 aromatic carbocycles. The van der Waals surface area contributed by atoms with Crippen LogP contribution in [0.3, 0.4) is 0 Å². The number of aromatic nitrogens is 2. The van der Waals surface area contributed by atoms with Gasteiger partial charge in [-0.15, -0.1) is 0 Å². The van der Waals surface area contributed by atoms with Gasteiger partial charge in [0, 0.05) is 6.42 Å². The highest BCUT2D eigenvalue weighted by Crippen LogP contribution is 2.25. The number of hydrogen-bond acceptors (Lipinski definition) is 2. The van der Waals surface area contributed by atoms with E-state index in [2.05, 4.69) is 55.0 Å². The number of nitrogens with one attached hydrogen (secondary N) is 1. The molecule has 0 spiro atoms. The van der Waals surface area contributed by atoms with Crippen molar-refractivity contribution in [1.82, 2.24) is 9.97 Å². The van der Waals surface area contributed by atoms with Crippen LogP contribution < -0.4 is 5.73 Å². The number of nitrogens with two attached hydrogens (primary N) is 1. The minimum atomic E-state index is 0.192. The van der Waals surface area contributed by atoms with Gasteiger partial charge >= 0.3 is 0 Å². The van der Waals surface area contributed by atoms with Crippen molar-refractivity contribution in [3.8, 4) is 11.3 Å². The first-order valence-corrected chi connectivity index (χ1v) is 6.35. The van der Waals surface area contributed by atoms with Crippen LogP contribution in [-0.2, 0) is 11.8 Å². The van der Waals surface area contributed by atoms with Gasteiger partial charge in [-0.3, -0.25) is 0 Å². The Balaban J connectivity index is 2.23. The zero-order chi connectivity index (χ0) is 13.2. The van der Waals surface area contributed by atoms with Crippen LogP contribution in [-0.4, -0.2) is 16.5 Å². The maximum atomic E-state index is 5.52. The number of imidazole rings is 1. The summed E-state index contributed by atoms with van der Waals surface area (Å²) in [5, 5.41) is 0. The highest BCUT2D eigenvalue weighted by molar-refractivity contribution is 5.59. The summed E-state index contributed by atoms with van der Waals surface area (Å²) in [4.78, 5) is 7.62. The first kappa shape index (κ1) is 12.8. The first-order valence-electron chi connectivity index (χ1n) is 6.35. The molecule has 18 heavy (non-hydrogen) atoms. The summed E-state index contributed by atoms with van der Waals surface area (Å²) in [5.74, 6) is 0.951. The summed E-state index contributed by atoms with van der Waals surface area (Å²) in [6.07, 6.45) is 2.66. The first-order chi connectivity index (χ1) is 8.50. The van der Waals surface area contributed by atoms with E-state index in [9.17, 15) is 0 Å². The molecule has 0 aliphatic carbocycles. The van der Waals surface area contributed by atoms with E-state index in [4.69, 9.17) is 5.73 Å². The molecule has 3 heteroatoms. The van der Waals surface area contributed by atoms with Crippen molar-refractivity contribution in [2.24, 2.45) is 5.73 Å². The van der Waals surface area contributed by atoms with E-state index in [0.717, 1.165) is 17.9 Å². The quantitative estimate of drug-likeness (QED) is 0.871. The van der Waals surface area contributed by atoms with Gasteiger partial charge < -0.3 is 10.7 Å². The number of H-pyrrole nitrogens is 1. The molecule has 0 bridgehead atoms. The van der Waals surface area contributed by atoms with E-state index >= 15 is 0 Å². The minimum absolute atomic E-state index is 0.192. The lowest BCUT2D eigenvalue weighted by Gasteiger charge is -2.18. The van der Waals surface area contributed by atoms with Gasteiger partial charge in [0.15, 0.2) is 0 Å². The van der Waals surface area contributed by atoms with E-state index in [1.807, 2.05) is 6.20 Å². The summed E-state index contributed by atoms with van der Waals surface area (Å²) in [7, 11) is 0. The fourth-order valence-corrected chi connectivity index (χ4v) is 1.92. The molecule has 2 aromatic rings. The standard InChI is InChI=1S/C15H21N3/c1-15(2,3)12-6-4-11(5-7-12)13-10-17-14(18-13)8-9-16/h4-7,10H,8-9,16H2,1-3H3,(H,17,18). The summed E-state index contributed by atoms with van der Waals surface area (Å²) < 4.78 is 0. The molecule has 0 unspecified atom stereocenters. The van der Waals surface area contributed by atoms with Gasteiger partial charge in [-0.2, -0.15) is 0 Å². The second-order valence-electron chi connectivity index (χ2n) is 5.61. The van der Waals surface area contributed by atoms with Crippen LogP contribution in [0.4, 0.5) is 0 Å². The van der Waals surface area contributed by atoms with Crippen molar-refractivity contribution >= 4 is 0 Å². The molecule has 0 aliphatic rings. The van der Waals surface area contributed by atoms with Crippen molar-refractivity contribution in [2.45, 2.75) is 32.6 Å². The van der Waals surface area contributed by atoms with E-state index < -0.39 is 0 Å². The van der Waals surface area contributed by atoms with E-state index in [-0.39, 0.29) is 5.41 Å². The Labute approximate surface area is 108 Å². The van der Waals surface area contributed by atoms with Crippen molar-refractivity contribution in [1.29, 1.82) is 0 Å². The van der Waals surface area contributed by atoms with E-state index in [0.29, 0.717) is 6.54 Å². The van der Waals surface area contributed by atoms with E-state index in [1.54, 1.807) is 0 Å². The van der Waals surface area contributed by atoms with Crippen molar-refractivity contribution < 1.29 is 0 Å². The third kappa shape index (κ3) is 2.79. The molecular weight excluding hydrogens is 222 g/mol. The van der Waals surface area contributed by atoms with Gasteiger partial charge in [-0.05, 0) is 23.1 Å². The van der Waals surface area contributed by atoms with Crippen molar-refractivity contribution in [3.05, 3.63) is 41.9 Å². The average molecular weight is 243 g/mol. The molecule has 0 amide bonds. The van der Waals surface area contributed by atoms with Gasteiger partial charge in [0.25, 0.3) is 0 Å². The Kier molecular flexibility index (Phi) is 3.53. The fraction of sp³-hybridized carbons (Fsp3) is 0.400. The predicted molar refractivity (Wildman–Crippen MR) is 75.5 cm³/mol. The van der Waals surface area contributed by atoms with Crippen LogP contribution in [0.25, 0.3) is 11.3 Å². The molecule has 0 aliphatic heterocycles. The lowest BCUT2D eigenvalue weighted by molar-refractivity contribution is 0.590. The fourth-order valence-electron chi connectivity index (χ4n) is 1.92. The topological polar surface area (TPSA) is 54.7 Å². The highest BCUT2D eigenvalue weighted by atomic mass is 14.9. The Morgan fingerprint density at radius 1 is 1.17 bits per heavy atom. The number of aromatic amines is 1. The largest absolute Gasteiger partial charge is 0.342 e. The molecule has 2 rings (SSSR count). The van der Waals surface area contributed by atoms with E-state index in [1.165, 1.54) is 11.1 Å². The molecule has 0 fully saturated rings. The molecular formula is C15H21N3. The van der Waals surface area contributed by atoms with Crippen molar-refractivity contribution in [3.63, 3.8) is 0 Å². The van der Waals surface area contributed by atoms with Crippen LogP contribution >= 0.6 is 0 Å². The SMILES string of the molecule is CC(C)(C)c1ccc(-c2cnc(CCN)[nH]2)cc1. The molecule has 0 saturated heterocycles. The van der Waals surface area contributed by atoms with Crippen LogP contribution in [0.2, 0.25) is 0 Å². The average Bonchev–Trinajstić information content (AvgIpc) is 2.77. The van der Waals surface area contributed by atoms with Crippen LogP contribution in [0, 0.1) is 0 Å². The molecule has 0 radical (unpaired) electrons. The zero-order valence-electron chi connectivity index (χ0n) is 11.3. The van der Waals surface area contributed by atoms with Crippen LogP contribution in [0.15, 0.2) is 30.5 Å². The van der Waals surface area contributed by atoms with Gasteiger partial charge in [-0.1, -0.05) is 45.0 Å². The zero-order valence-corrected chi connectivity index (χ0v) is 11.3. The molecule has 0 saturated carbocycles. The minimum Gasteiger partial charge on any atom is -0.342 e. The lowest BCUT2D eigenvalue weighted by atomic mass is 9.86. The second-order valence-corrected chi connectivity index (χ2v) is 5.61. The molecule has 1 heterocycles. The number of nitrogens with zero attached hydrogens (tertiary/aromatic N) is 1. The monoisotopic (exact) mass is 243 g/mol. The Bertz CT molecular complexity index is 503. The summed E-state index contributed by atoms with van der Waals surface area (Å²) >= 11 is 0. The van der Waals surface area contributed by atoms with Gasteiger partial charge in [-0.25, -0.2) is 4.98 Å². The Hall–Kier alpha value is -1.61. The molecule has 0 atom stereocenters. The Morgan fingerprint density at radius 2 is 1.83 bits per heavy atom. The van der Waals surface area contributed by atoms with Gasteiger partial charge in [0.2, 0.25) is 0 Å². The lowest BCUT2D eigenvalue weighted by Crippen LogP contribution is -2.10. The summed E-state index contributed by atoms with van der Waals surface area (Å²) in [5.41, 5.74) is 9.27. The summed E-state index contributed by atoms with van der Waals surface area (Å²) in [6, 6.07) is 8.64. The third-order valence-corrected chi connectivity index (χ3v) is 3.07. The van der Waals surface area contributed by atoms with Gasteiger partial charge in [0.1, 0.15) is 5.82 Å². The number of rotatable bonds is 3. The maximum Gasteiger partial charge on any atom is 0.107 e. The molecule has 3 nitrogen and oxygen atoms in total. The Morgan fingerprint density at radius 3 is 2.39 bits per heavy atom. The maximum absolute atomic E-state index is 5.52. The predicted octanol–water partition coefficient (Wildman–Crippen LogP) is 2.88.